The van der Waals surface area contributed by atoms with Crippen LogP contribution in [-0.2, 0) is 0 Å². The van der Waals surface area contributed by atoms with Gasteiger partial charge in [0.05, 0.1) is 10.6 Å². The Labute approximate surface area is 116 Å². The Morgan fingerprint density at radius 3 is 2.30 bits per heavy atom. The molecule has 104 valence electrons. The summed E-state index contributed by atoms with van der Waals surface area (Å²) >= 11 is 5.76. The van der Waals surface area contributed by atoms with Crippen molar-refractivity contribution in [2.75, 3.05) is 5.32 Å². The highest BCUT2D eigenvalue weighted by molar-refractivity contribution is 6.34. The number of aromatic hydroxyl groups is 1. The van der Waals surface area contributed by atoms with Crippen LogP contribution in [0.4, 0.5) is 18.9 Å². The van der Waals surface area contributed by atoms with E-state index in [1.54, 1.807) is 0 Å². The van der Waals surface area contributed by atoms with E-state index >= 15 is 0 Å². The molecule has 0 bridgehead atoms. The van der Waals surface area contributed by atoms with E-state index in [1.807, 2.05) is 0 Å². The average molecular weight is 302 g/mol. The topological polar surface area (TPSA) is 49.3 Å². The summed E-state index contributed by atoms with van der Waals surface area (Å²) in [5, 5.41) is 11.5. The molecule has 0 unspecified atom stereocenters. The van der Waals surface area contributed by atoms with Crippen LogP contribution in [0.5, 0.6) is 5.75 Å². The van der Waals surface area contributed by atoms with Crippen molar-refractivity contribution in [3.05, 3.63) is 58.4 Å². The van der Waals surface area contributed by atoms with Gasteiger partial charge < -0.3 is 10.4 Å². The van der Waals surface area contributed by atoms with Crippen LogP contribution in [0, 0.1) is 17.5 Å². The summed E-state index contributed by atoms with van der Waals surface area (Å²) < 4.78 is 38.8. The number of carbonyl (C=O) groups excluding carboxylic acids is 1. The number of hydrogen-bond donors (Lipinski definition) is 2. The molecule has 0 aliphatic rings. The highest BCUT2D eigenvalue weighted by Gasteiger charge is 2.15. The zero-order chi connectivity index (χ0) is 14.9. The molecular weight excluding hydrogens is 295 g/mol. The second kappa shape index (κ2) is 5.42. The van der Waals surface area contributed by atoms with Crippen LogP contribution in [0.1, 0.15) is 10.4 Å². The van der Waals surface area contributed by atoms with Crippen LogP contribution in [0.15, 0.2) is 30.3 Å². The van der Waals surface area contributed by atoms with E-state index in [1.165, 1.54) is 12.1 Å². The van der Waals surface area contributed by atoms with Crippen molar-refractivity contribution in [3.8, 4) is 5.75 Å². The minimum Gasteiger partial charge on any atom is -0.508 e. The van der Waals surface area contributed by atoms with Crippen LogP contribution in [-0.4, -0.2) is 11.0 Å². The Kier molecular flexibility index (Phi) is 3.85. The van der Waals surface area contributed by atoms with E-state index in [9.17, 15) is 23.1 Å². The summed E-state index contributed by atoms with van der Waals surface area (Å²) in [4.78, 5) is 11.8. The smallest absolute Gasteiger partial charge is 0.257 e. The first-order chi connectivity index (χ1) is 9.38. The number of amides is 1. The number of phenols is 1. The number of anilines is 1. The van der Waals surface area contributed by atoms with Gasteiger partial charge in [0, 0.05) is 17.8 Å². The Hall–Kier alpha value is -2.21. The van der Waals surface area contributed by atoms with E-state index in [0.717, 1.165) is 6.07 Å². The van der Waals surface area contributed by atoms with Crippen LogP contribution in [0.25, 0.3) is 0 Å². The standard InChI is InChI=1S/C13H7ClF3NO2/c14-9-2-1-7(19)5-8(9)13(20)18-6-3-10(15)12(17)11(16)4-6/h1-5,19H,(H,18,20). The Bertz CT molecular complexity index is 668. The minimum absolute atomic E-state index is 0.0448. The van der Waals surface area contributed by atoms with Gasteiger partial charge in [0.15, 0.2) is 17.5 Å². The van der Waals surface area contributed by atoms with Gasteiger partial charge in [-0.3, -0.25) is 4.79 Å². The molecule has 0 radical (unpaired) electrons. The van der Waals surface area contributed by atoms with Gasteiger partial charge >= 0.3 is 0 Å². The van der Waals surface area contributed by atoms with Crippen molar-refractivity contribution in [3.63, 3.8) is 0 Å². The van der Waals surface area contributed by atoms with E-state index in [0.29, 0.717) is 12.1 Å². The molecule has 2 aromatic rings. The monoisotopic (exact) mass is 301 g/mol. The number of benzene rings is 2. The molecular formula is C13H7ClF3NO2. The third kappa shape index (κ3) is 2.85. The lowest BCUT2D eigenvalue weighted by Crippen LogP contribution is -2.13. The van der Waals surface area contributed by atoms with E-state index in [2.05, 4.69) is 5.32 Å². The molecule has 0 aliphatic heterocycles. The predicted molar refractivity (Wildman–Crippen MR) is 67.4 cm³/mol. The van der Waals surface area contributed by atoms with Gasteiger partial charge in [0.2, 0.25) is 0 Å². The van der Waals surface area contributed by atoms with Gasteiger partial charge in [-0.1, -0.05) is 11.6 Å². The predicted octanol–water partition coefficient (Wildman–Crippen LogP) is 3.72. The Balaban J connectivity index is 2.30. The molecule has 2 N–H and O–H groups in total. The maximum Gasteiger partial charge on any atom is 0.257 e. The number of halogens is 4. The Morgan fingerprint density at radius 2 is 1.70 bits per heavy atom. The molecule has 0 spiro atoms. The second-order valence-electron chi connectivity index (χ2n) is 3.87. The first-order valence-corrected chi connectivity index (χ1v) is 5.70. The van der Waals surface area contributed by atoms with Crippen molar-refractivity contribution >= 4 is 23.2 Å². The summed E-state index contributed by atoms with van der Waals surface area (Å²) in [6, 6.07) is 4.92. The van der Waals surface area contributed by atoms with Gasteiger partial charge in [0.25, 0.3) is 5.91 Å². The summed E-state index contributed by atoms with van der Waals surface area (Å²) in [6.07, 6.45) is 0. The lowest BCUT2D eigenvalue weighted by atomic mass is 10.2. The molecule has 0 aromatic heterocycles. The first kappa shape index (κ1) is 14.2. The zero-order valence-corrected chi connectivity index (χ0v) is 10.5. The number of nitrogens with one attached hydrogen (secondary N) is 1. The molecule has 0 atom stereocenters. The summed E-state index contributed by atoms with van der Waals surface area (Å²) in [7, 11) is 0. The molecule has 1 amide bonds. The fourth-order valence-corrected chi connectivity index (χ4v) is 1.72. The average Bonchev–Trinajstić information content (AvgIpc) is 2.38. The number of carbonyl (C=O) groups is 1. The van der Waals surface area contributed by atoms with E-state index in [4.69, 9.17) is 11.6 Å². The largest absolute Gasteiger partial charge is 0.508 e. The molecule has 7 heteroatoms. The first-order valence-electron chi connectivity index (χ1n) is 5.33. The van der Waals surface area contributed by atoms with E-state index in [-0.39, 0.29) is 22.0 Å². The third-order valence-corrected chi connectivity index (χ3v) is 2.77. The number of rotatable bonds is 2. The number of phenolic OH excluding ortho intramolecular Hbond substituents is 1. The molecule has 3 nitrogen and oxygen atoms in total. The second-order valence-corrected chi connectivity index (χ2v) is 4.28. The molecule has 0 saturated heterocycles. The van der Waals surface area contributed by atoms with Gasteiger partial charge in [-0.25, -0.2) is 13.2 Å². The summed E-state index contributed by atoms with van der Waals surface area (Å²) in [5.74, 6) is -5.48. The van der Waals surface area contributed by atoms with Crippen LogP contribution >= 0.6 is 11.6 Å². The molecule has 2 aromatic carbocycles. The van der Waals surface area contributed by atoms with Crippen molar-refractivity contribution in [1.29, 1.82) is 0 Å². The lowest BCUT2D eigenvalue weighted by Gasteiger charge is -2.08. The molecule has 0 fully saturated rings. The summed E-state index contributed by atoms with van der Waals surface area (Å²) in [5.41, 5.74) is -0.359. The van der Waals surface area contributed by atoms with Crippen molar-refractivity contribution in [1.82, 2.24) is 0 Å². The molecule has 2 rings (SSSR count). The SMILES string of the molecule is O=C(Nc1cc(F)c(F)c(F)c1)c1cc(O)ccc1Cl. The molecule has 20 heavy (non-hydrogen) atoms. The zero-order valence-electron chi connectivity index (χ0n) is 9.75. The van der Waals surface area contributed by atoms with Crippen molar-refractivity contribution < 1.29 is 23.1 Å². The van der Waals surface area contributed by atoms with E-state index < -0.39 is 23.4 Å². The molecule has 0 aliphatic carbocycles. The van der Waals surface area contributed by atoms with Crippen molar-refractivity contribution in [2.45, 2.75) is 0 Å². The minimum atomic E-state index is -1.63. The van der Waals surface area contributed by atoms with Crippen LogP contribution in [0.3, 0.4) is 0 Å². The van der Waals surface area contributed by atoms with Crippen LogP contribution in [0.2, 0.25) is 5.02 Å². The fraction of sp³-hybridized carbons (Fsp3) is 0. The van der Waals surface area contributed by atoms with Crippen molar-refractivity contribution in [2.24, 2.45) is 0 Å². The Morgan fingerprint density at radius 1 is 1.10 bits per heavy atom. The normalized spacial score (nSPS) is 10.4. The lowest BCUT2D eigenvalue weighted by molar-refractivity contribution is 0.102. The quantitative estimate of drug-likeness (QED) is 0.831. The van der Waals surface area contributed by atoms with Crippen LogP contribution < -0.4 is 5.32 Å². The summed E-state index contributed by atoms with van der Waals surface area (Å²) in [6.45, 7) is 0. The maximum absolute atomic E-state index is 13.0. The third-order valence-electron chi connectivity index (χ3n) is 2.44. The molecule has 0 heterocycles. The van der Waals surface area contributed by atoms with Gasteiger partial charge in [-0.05, 0) is 18.2 Å². The molecule has 0 saturated carbocycles. The van der Waals surface area contributed by atoms with Gasteiger partial charge in [0.1, 0.15) is 5.75 Å². The fourth-order valence-electron chi connectivity index (χ4n) is 1.51. The highest BCUT2D eigenvalue weighted by atomic mass is 35.5. The van der Waals surface area contributed by atoms with Gasteiger partial charge in [-0.15, -0.1) is 0 Å². The highest BCUT2D eigenvalue weighted by Crippen LogP contribution is 2.23. The van der Waals surface area contributed by atoms with Gasteiger partial charge in [-0.2, -0.15) is 0 Å². The number of hydrogen-bond acceptors (Lipinski definition) is 2. The maximum atomic E-state index is 13.0.